The molecule has 1 aromatic carbocycles. The van der Waals surface area contributed by atoms with Gasteiger partial charge in [-0.25, -0.2) is 0 Å². The third kappa shape index (κ3) is 1.91. The molecular weight excluding hydrogens is 204 g/mol. The third-order valence-corrected chi connectivity index (χ3v) is 2.43. The maximum absolute atomic E-state index is 11.7. The van der Waals surface area contributed by atoms with Crippen LogP contribution in [0.3, 0.4) is 0 Å². The number of anilines is 1. The molecule has 0 bridgehead atoms. The van der Waals surface area contributed by atoms with E-state index in [-0.39, 0.29) is 24.3 Å². The molecule has 0 unspecified atom stereocenters. The molecule has 0 saturated heterocycles. The topological polar surface area (TPSA) is 58.2 Å². The van der Waals surface area contributed by atoms with Crippen LogP contribution in [-0.2, 0) is 11.2 Å². The van der Waals surface area contributed by atoms with Crippen LogP contribution in [0.5, 0.6) is 0 Å². The van der Waals surface area contributed by atoms with Crippen LogP contribution in [0.15, 0.2) is 18.2 Å². The first kappa shape index (κ1) is 10.7. The Labute approximate surface area is 94.0 Å². The van der Waals surface area contributed by atoms with E-state index in [1.54, 1.807) is 0 Å². The molecule has 0 atom stereocenters. The van der Waals surface area contributed by atoms with Crippen LogP contribution in [0, 0.1) is 0 Å². The van der Waals surface area contributed by atoms with Gasteiger partial charge in [0, 0.05) is 11.7 Å². The number of carbonyl (C=O) groups is 2. The number of hydrogen-bond donors (Lipinski definition) is 2. The second kappa shape index (κ2) is 3.96. The first-order valence-electron chi connectivity index (χ1n) is 5.30. The molecule has 0 aliphatic carbocycles. The van der Waals surface area contributed by atoms with Crippen LogP contribution in [-0.4, -0.2) is 17.9 Å². The lowest BCUT2D eigenvalue weighted by Crippen LogP contribution is -2.38. The Hall–Kier alpha value is -1.84. The minimum Gasteiger partial charge on any atom is -0.382 e. The van der Waals surface area contributed by atoms with Crippen LogP contribution in [0.1, 0.15) is 29.8 Å². The Morgan fingerprint density at radius 2 is 2.06 bits per heavy atom. The molecule has 84 valence electrons. The summed E-state index contributed by atoms with van der Waals surface area (Å²) in [6.07, 6.45) is 0.273. The van der Waals surface area contributed by atoms with Gasteiger partial charge in [-0.3, -0.25) is 14.9 Å². The quantitative estimate of drug-likeness (QED) is 0.736. The molecule has 0 aromatic heterocycles. The van der Waals surface area contributed by atoms with Gasteiger partial charge in [-0.2, -0.15) is 0 Å². The molecule has 16 heavy (non-hydrogen) atoms. The molecule has 1 aromatic rings. The normalized spacial score (nSPS) is 14.7. The van der Waals surface area contributed by atoms with E-state index in [1.807, 2.05) is 32.0 Å². The van der Waals surface area contributed by atoms with Gasteiger partial charge < -0.3 is 5.32 Å². The number of rotatable bonds is 2. The predicted octanol–water partition coefficient (Wildman–Crippen LogP) is 1.32. The van der Waals surface area contributed by atoms with Crippen LogP contribution in [0.4, 0.5) is 5.69 Å². The molecule has 2 amide bonds. The second-order valence-corrected chi connectivity index (χ2v) is 4.19. The fraction of sp³-hybridized carbons (Fsp3) is 0.333. The molecule has 2 N–H and O–H groups in total. The van der Waals surface area contributed by atoms with E-state index >= 15 is 0 Å². The van der Waals surface area contributed by atoms with Gasteiger partial charge in [-0.05, 0) is 25.5 Å². The van der Waals surface area contributed by atoms with E-state index in [0.29, 0.717) is 5.56 Å². The van der Waals surface area contributed by atoms with Crippen molar-refractivity contribution in [2.24, 2.45) is 0 Å². The van der Waals surface area contributed by atoms with Gasteiger partial charge >= 0.3 is 0 Å². The van der Waals surface area contributed by atoms with Gasteiger partial charge in [0.25, 0.3) is 5.91 Å². The molecule has 4 nitrogen and oxygen atoms in total. The SMILES string of the molecule is CC(C)Nc1cccc2c1C(=O)NC(=O)C2. The van der Waals surface area contributed by atoms with Crippen molar-refractivity contribution in [3.8, 4) is 0 Å². The second-order valence-electron chi connectivity index (χ2n) is 4.19. The van der Waals surface area contributed by atoms with E-state index < -0.39 is 0 Å². The number of benzene rings is 1. The number of fused-ring (bicyclic) bond motifs is 1. The lowest BCUT2D eigenvalue weighted by molar-refractivity contribution is -0.119. The van der Waals surface area contributed by atoms with Crippen LogP contribution in [0.25, 0.3) is 0 Å². The summed E-state index contributed by atoms with van der Waals surface area (Å²) in [5.41, 5.74) is 2.17. The van der Waals surface area contributed by atoms with Gasteiger partial charge in [0.2, 0.25) is 5.91 Å². The molecule has 0 saturated carbocycles. The highest BCUT2D eigenvalue weighted by Crippen LogP contribution is 2.23. The Kier molecular flexibility index (Phi) is 2.64. The molecule has 1 heterocycles. The smallest absolute Gasteiger partial charge is 0.260 e. The van der Waals surface area contributed by atoms with Crippen molar-refractivity contribution in [3.05, 3.63) is 29.3 Å². The van der Waals surface area contributed by atoms with Crippen LogP contribution < -0.4 is 10.6 Å². The van der Waals surface area contributed by atoms with E-state index in [1.165, 1.54) is 0 Å². The first-order valence-corrected chi connectivity index (χ1v) is 5.30. The van der Waals surface area contributed by atoms with Crippen molar-refractivity contribution < 1.29 is 9.59 Å². The van der Waals surface area contributed by atoms with Crippen molar-refractivity contribution in [3.63, 3.8) is 0 Å². The van der Waals surface area contributed by atoms with Crippen LogP contribution in [0.2, 0.25) is 0 Å². The lowest BCUT2D eigenvalue weighted by Gasteiger charge is -2.20. The van der Waals surface area contributed by atoms with Crippen molar-refractivity contribution in [2.45, 2.75) is 26.3 Å². The molecule has 2 rings (SSSR count). The highest BCUT2D eigenvalue weighted by molar-refractivity contribution is 6.12. The van der Waals surface area contributed by atoms with Crippen molar-refractivity contribution in [2.75, 3.05) is 5.32 Å². The molecular formula is C12H14N2O2. The largest absolute Gasteiger partial charge is 0.382 e. The van der Waals surface area contributed by atoms with E-state index in [0.717, 1.165) is 11.3 Å². The standard InChI is InChI=1S/C12H14N2O2/c1-7(2)13-9-5-3-4-8-6-10(15)14-12(16)11(8)9/h3-5,7,13H,6H2,1-2H3,(H,14,15,16). The van der Waals surface area contributed by atoms with Crippen molar-refractivity contribution >= 4 is 17.5 Å². The molecule has 0 spiro atoms. The zero-order valence-electron chi connectivity index (χ0n) is 9.33. The average Bonchev–Trinajstić information content (AvgIpc) is 2.15. The number of hydrogen-bond acceptors (Lipinski definition) is 3. The Bertz CT molecular complexity index is 452. The zero-order valence-corrected chi connectivity index (χ0v) is 9.33. The minimum atomic E-state index is -0.310. The monoisotopic (exact) mass is 218 g/mol. The molecule has 0 fully saturated rings. The average molecular weight is 218 g/mol. The molecule has 0 radical (unpaired) electrons. The summed E-state index contributed by atoms with van der Waals surface area (Å²) in [5.74, 6) is -0.547. The fourth-order valence-corrected chi connectivity index (χ4v) is 1.85. The van der Waals surface area contributed by atoms with Gasteiger partial charge in [-0.15, -0.1) is 0 Å². The van der Waals surface area contributed by atoms with Crippen molar-refractivity contribution in [1.29, 1.82) is 0 Å². The number of imide groups is 1. The summed E-state index contributed by atoms with van der Waals surface area (Å²) < 4.78 is 0. The lowest BCUT2D eigenvalue weighted by atomic mass is 9.98. The molecule has 1 aliphatic rings. The number of amides is 2. The maximum atomic E-state index is 11.7. The van der Waals surface area contributed by atoms with Gasteiger partial charge in [0.15, 0.2) is 0 Å². The van der Waals surface area contributed by atoms with Crippen LogP contribution >= 0.6 is 0 Å². The number of carbonyl (C=O) groups excluding carboxylic acids is 2. The Morgan fingerprint density at radius 1 is 1.31 bits per heavy atom. The predicted molar refractivity (Wildman–Crippen MR) is 61.4 cm³/mol. The summed E-state index contributed by atoms with van der Waals surface area (Å²) in [7, 11) is 0. The van der Waals surface area contributed by atoms with E-state index in [2.05, 4.69) is 10.6 Å². The summed E-state index contributed by atoms with van der Waals surface area (Å²) >= 11 is 0. The highest BCUT2D eigenvalue weighted by atomic mass is 16.2. The highest BCUT2D eigenvalue weighted by Gasteiger charge is 2.24. The van der Waals surface area contributed by atoms with Gasteiger partial charge in [0.05, 0.1) is 12.0 Å². The summed E-state index contributed by atoms with van der Waals surface area (Å²) in [5, 5.41) is 5.54. The van der Waals surface area contributed by atoms with Gasteiger partial charge in [-0.1, -0.05) is 12.1 Å². The fourth-order valence-electron chi connectivity index (χ4n) is 1.85. The minimum absolute atomic E-state index is 0.237. The summed E-state index contributed by atoms with van der Waals surface area (Å²) in [4.78, 5) is 22.9. The molecule has 4 heteroatoms. The maximum Gasteiger partial charge on any atom is 0.260 e. The summed E-state index contributed by atoms with van der Waals surface area (Å²) in [6.45, 7) is 4.01. The third-order valence-electron chi connectivity index (χ3n) is 2.43. The van der Waals surface area contributed by atoms with E-state index in [4.69, 9.17) is 0 Å². The zero-order chi connectivity index (χ0) is 11.7. The van der Waals surface area contributed by atoms with Gasteiger partial charge in [0.1, 0.15) is 0 Å². The Morgan fingerprint density at radius 3 is 2.75 bits per heavy atom. The van der Waals surface area contributed by atoms with E-state index in [9.17, 15) is 9.59 Å². The Balaban J connectivity index is 2.46. The molecule has 1 aliphatic heterocycles. The summed E-state index contributed by atoms with van der Waals surface area (Å²) in [6, 6.07) is 5.78. The van der Waals surface area contributed by atoms with Crippen molar-refractivity contribution in [1.82, 2.24) is 5.32 Å². The first-order chi connectivity index (χ1) is 7.58. The number of nitrogens with one attached hydrogen (secondary N) is 2.